The van der Waals surface area contributed by atoms with Crippen molar-refractivity contribution in [1.29, 1.82) is 0 Å². The van der Waals surface area contributed by atoms with Gasteiger partial charge in [0.1, 0.15) is 0 Å². The van der Waals surface area contributed by atoms with E-state index in [1.807, 2.05) is 0 Å². The number of rotatable bonds is 14. The van der Waals surface area contributed by atoms with Crippen LogP contribution in [0.4, 0.5) is 0 Å². The highest BCUT2D eigenvalue weighted by Gasteiger charge is 2.15. The zero-order valence-electron chi connectivity index (χ0n) is 15.5. The van der Waals surface area contributed by atoms with Crippen LogP contribution in [0.1, 0.15) is 77.7 Å². The fourth-order valence-corrected chi connectivity index (χ4v) is 4.53. The van der Waals surface area contributed by atoms with Crippen molar-refractivity contribution in [2.45, 2.75) is 78.6 Å². The van der Waals surface area contributed by atoms with Crippen LogP contribution >= 0.6 is 0 Å². The Morgan fingerprint density at radius 1 is 0.696 bits per heavy atom. The van der Waals surface area contributed by atoms with E-state index in [1.54, 1.807) is 0 Å². The minimum Gasteiger partial charge on any atom is -0.393 e. The molecule has 1 aromatic carbocycles. The Balaban J connectivity index is 2.39. The second-order valence-electron chi connectivity index (χ2n) is 6.33. The Morgan fingerprint density at radius 3 is 1.83 bits per heavy atom. The second-order valence-corrected chi connectivity index (χ2v) is 8.33. The third-order valence-electron chi connectivity index (χ3n) is 4.02. The minimum atomic E-state index is -1.69. The van der Waals surface area contributed by atoms with Crippen LogP contribution in [0.15, 0.2) is 24.3 Å². The summed E-state index contributed by atoms with van der Waals surface area (Å²) in [6.45, 7) is 8.18. The van der Waals surface area contributed by atoms with Crippen molar-refractivity contribution in [3.05, 3.63) is 29.8 Å². The third kappa shape index (κ3) is 9.29. The number of aryl methyl sites for hydroxylation is 1. The lowest BCUT2D eigenvalue weighted by Crippen LogP contribution is -2.37. The first kappa shape index (κ1) is 20.4. The summed E-state index contributed by atoms with van der Waals surface area (Å²) < 4.78 is 11.9. The molecule has 1 aromatic rings. The van der Waals surface area contributed by atoms with E-state index in [0.717, 1.165) is 26.1 Å². The molecule has 0 aliphatic carbocycles. The summed E-state index contributed by atoms with van der Waals surface area (Å²) in [4.78, 5) is 0. The van der Waals surface area contributed by atoms with Crippen molar-refractivity contribution < 1.29 is 8.85 Å². The van der Waals surface area contributed by atoms with E-state index >= 15 is 0 Å². The van der Waals surface area contributed by atoms with Gasteiger partial charge in [0.25, 0.3) is 0 Å². The summed E-state index contributed by atoms with van der Waals surface area (Å²) in [6.07, 6.45) is 11.5. The van der Waals surface area contributed by atoms with E-state index in [9.17, 15) is 0 Å². The minimum absolute atomic E-state index is 0.806. The predicted molar refractivity (Wildman–Crippen MR) is 103 cm³/mol. The van der Waals surface area contributed by atoms with Crippen molar-refractivity contribution in [3.8, 4) is 0 Å². The molecule has 0 fully saturated rings. The van der Waals surface area contributed by atoms with Crippen molar-refractivity contribution in [3.63, 3.8) is 0 Å². The highest BCUT2D eigenvalue weighted by molar-refractivity contribution is 6.61. The van der Waals surface area contributed by atoms with Gasteiger partial charge in [-0.15, -0.1) is 0 Å². The SMILES string of the molecule is CCCCCCCCc1ccc([SiH](OCCC)OCCC)cc1. The fourth-order valence-electron chi connectivity index (χ4n) is 2.64. The van der Waals surface area contributed by atoms with Crippen molar-refractivity contribution >= 4 is 14.5 Å². The quantitative estimate of drug-likeness (QED) is 0.356. The first-order valence-corrected chi connectivity index (χ1v) is 11.2. The molecule has 0 atom stereocenters. The maximum atomic E-state index is 5.97. The summed E-state index contributed by atoms with van der Waals surface area (Å²) in [5.41, 5.74) is 1.45. The number of unbranched alkanes of at least 4 members (excludes halogenated alkanes) is 5. The first-order valence-electron chi connectivity index (χ1n) is 9.63. The number of benzene rings is 1. The van der Waals surface area contributed by atoms with Crippen LogP contribution in [-0.4, -0.2) is 22.5 Å². The maximum absolute atomic E-state index is 5.97. The van der Waals surface area contributed by atoms with Gasteiger partial charge >= 0.3 is 9.28 Å². The molecule has 2 nitrogen and oxygen atoms in total. The summed E-state index contributed by atoms with van der Waals surface area (Å²) >= 11 is 0. The first-order chi connectivity index (χ1) is 11.3. The molecule has 1 rings (SSSR count). The Kier molecular flexibility index (Phi) is 12.2. The maximum Gasteiger partial charge on any atom is 0.355 e. The summed E-state index contributed by atoms with van der Waals surface area (Å²) in [6, 6.07) is 9.00. The van der Waals surface area contributed by atoms with E-state index in [2.05, 4.69) is 45.0 Å². The molecule has 23 heavy (non-hydrogen) atoms. The molecule has 0 aromatic heterocycles. The molecule has 0 spiro atoms. The molecule has 0 saturated heterocycles. The summed E-state index contributed by atoms with van der Waals surface area (Å²) in [7, 11) is -1.69. The van der Waals surface area contributed by atoms with Gasteiger partial charge in [0.2, 0.25) is 0 Å². The van der Waals surface area contributed by atoms with E-state index < -0.39 is 9.28 Å². The highest BCUT2D eigenvalue weighted by atomic mass is 28.3. The molecule has 3 heteroatoms. The predicted octanol–water partition coefficient (Wildman–Crippen LogP) is 4.87. The van der Waals surface area contributed by atoms with Crippen LogP contribution in [0.2, 0.25) is 0 Å². The van der Waals surface area contributed by atoms with Crippen molar-refractivity contribution in [2.75, 3.05) is 13.2 Å². The monoisotopic (exact) mass is 336 g/mol. The normalized spacial score (nSPS) is 11.3. The lowest BCUT2D eigenvalue weighted by atomic mass is 10.1. The van der Waals surface area contributed by atoms with E-state index in [-0.39, 0.29) is 0 Å². The van der Waals surface area contributed by atoms with Gasteiger partial charge in [-0.05, 0) is 36.4 Å². The van der Waals surface area contributed by atoms with Crippen LogP contribution in [0.5, 0.6) is 0 Å². The molecule has 0 unspecified atom stereocenters. The van der Waals surface area contributed by atoms with Gasteiger partial charge in [-0.3, -0.25) is 0 Å². The third-order valence-corrected chi connectivity index (χ3v) is 6.02. The molecular weight excluding hydrogens is 300 g/mol. The van der Waals surface area contributed by atoms with Crippen LogP contribution in [0.3, 0.4) is 0 Å². The van der Waals surface area contributed by atoms with Gasteiger partial charge in [-0.1, -0.05) is 77.1 Å². The van der Waals surface area contributed by atoms with Gasteiger partial charge in [0.15, 0.2) is 0 Å². The van der Waals surface area contributed by atoms with Crippen molar-refractivity contribution in [2.24, 2.45) is 0 Å². The zero-order valence-corrected chi connectivity index (χ0v) is 16.6. The summed E-state index contributed by atoms with van der Waals surface area (Å²) in [5.74, 6) is 0. The van der Waals surface area contributed by atoms with Crippen LogP contribution in [0.25, 0.3) is 0 Å². The molecule has 0 radical (unpaired) electrons. The Labute approximate surface area is 145 Å². The number of hydrogen-bond donors (Lipinski definition) is 0. The van der Waals surface area contributed by atoms with Gasteiger partial charge in [-0.25, -0.2) is 0 Å². The fraction of sp³-hybridized carbons (Fsp3) is 0.700. The lowest BCUT2D eigenvalue weighted by molar-refractivity contribution is 0.207. The molecule has 0 amide bonds. The molecular formula is C20H36O2Si. The number of hydrogen-bond acceptors (Lipinski definition) is 2. The van der Waals surface area contributed by atoms with Crippen LogP contribution in [-0.2, 0) is 15.3 Å². The van der Waals surface area contributed by atoms with Gasteiger partial charge in [0.05, 0.1) is 0 Å². The summed E-state index contributed by atoms with van der Waals surface area (Å²) in [5, 5.41) is 1.28. The van der Waals surface area contributed by atoms with Crippen LogP contribution in [0, 0.1) is 0 Å². The Bertz CT molecular complexity index is 370. The lowest BCUT2D eigenvalue weighted by Gasteiger charge is -2.16. The molecule has 132 valence electrons. The average molecular weight is 337 g/mol. The topological polar surface area (TPSA) is 18.5 Å². The van der Waals surface area contributed by atoms with Gasteiger partial charge in [0, 0.05) is 13.2 Å². The Hall–Kier alpha value is -0.643. The zero-order chi connectivity index (χ0) is 16.8. The molecule has 0 N–H and O–H groups in total. The van der Waals surface area contributed by atoms with Gasteiger partial charge < -0.3 is 8.85 Å². The highest BCUT2D eigenvalue weighted by Crippen LogP contribution is 2.09. The standard InChI is InChI=1S/C20H36O2Si/c1-4-7-8-9-10-11-12-19-13-15-20(16-14-19)23(21-17-5-2)22-18-6-3/h13-16,23H,4-12,17-18H2,1-3H3. The molecule has 0 bridgehead atoms. The van der Waals surface area contributed by atoms with Crippen molar-refractivity contribution in [1.82, 2.24) is 0 Å². The van der Waals surface area contributed by atoms with E-state index in [0.29, 0.717) is 0 Å². The molecule has 0 aliphatic rings. The second kappa shape index (κ2) is 13.8. The van der Waals surface area contributed by atoms with Gasteiger partial charge in [-0.2, -0.15) is 0 Å². The molecule has 0 heterocycles. The Morgan fingerprint density at radius 2 is 1.26 bits per heavy atom. The van der Waals surface area contributed by atoms with Crippen LogP contribution < -0.4 is 5.19 Å². The average Bonchev–Trinajstić information content (AvgIpc) is 2.59. The molecule has 0 saturated carbocycles. The van der Waals surface area contributed by atoms with E-state index in [4.69, 9.17) is 8.85 Å². The smallest absolute Gasteiger partial charge is 0.355 e. The molecule has 0 aliphatic heterocycles. The van der Waals surface area contributed by atoms with E-state index in [1.165, 1.54) is 55.7 Å². The largest absolute Gasteiger partial charge is 0.393 e.